The Hall–Kier alpha value is -2.07. The minimum atomic E-state index is 0.0328. The number of rotatable bonds is 5. The molecular formula is C16H18ClNO3. The molecule has 2 aromatic rings. The molecule has 4 nitrogen and oxygen atoms in total. The number of nitrogens with one attached hydrogen (secondary N) is 1. The quantitative estimate of drug-likeness (QED) is 0.867. The van der Waals surface area contributed by atoms with Crippen molar-refractivity contribution in [1.29, 1.82) is 0 Å². The summed E-state index contributed by atoms with van der Waals surface area (Å²) in [5.74, 6) is 1.20. The van der Waals surface area contributed by atoms with E-state index in [4.69, 9.17) is 21.1 Å². The fraction of sp³-hybridized carbons (Fsp3) is 0.250. The molecule has 0 spiro atoms. The molecule has 1 unspecified atom stereocenters. The smallest absolute Gasteiger partial charge is 0.160 e. The van der Waals surface area contributed by atoms with E-state index in [0.29, 0.717) is 16.5 Å². The van der Waals surface area contributed by atoms with Crippen LogP contribution in [0.1, 0.15) is 18.5 Å². The van der Waals surface area contributed by atoms with Gasteiger partial charge in [0.1, 0.15) is 5.75 Å². The third-order valence-corrected chi connectivity index (χ3v) is 3.55. The number of benzene rings is 2. The van der Waals surface area contributed by atoms with Gasteiger partial charge in [0.05, 0.1) is 19.2 Å². The van der Waals surface area contributed by atoms with E-state index in [9.17, 15) is 5.11 Å². The molecule has 2 rings (SSSR count). The van der Waals surface area contributed by atoms with Gasteiger partial charge in [-0.2, -0.15) is 0 Å². The number of anilines is 1. The first-order valence-corrected chi connectivity index (χ1v) is 6.90. The highest BCUT2D eigenvalue weighted by molar-refractivity contribution is 6.32. The molecule has 5 heteroatoms. The van der Waals surface area contributed by atoms with Gasteiger partial charge in [-0.05, 0) is 36.8 Å². The van der Waals surface area contributed by atoms with Crippen LogP contribution in [0.25, 0.3) is 0 Å². The molecule has 0 bridgehead atoms. The van der Waals surface area contributed by atoms with Crippen LogP contribution in [0.4, 0.5) is 5.69 Å². The Kier molecular flexibility index (Phi) is 4.81. The molecule has 0 radical (unpaired) electrons. The van der Waals surface area contributed by atoms with Crippen LogP contribution in [0, 0.1) is 0 Å². The molecule has 0 aliphatic heterocycles. The highest BCUT2D eigenvalue weighted by Crippen LogP contribution is 2.32. The van der Waals surface area contributed by atoms with E-state index in [-0.39, 0.29) is 11.8 Å². The van der Waals surface area contributed by atoms with Gasteiger partial charge in [-0.3, -0.25) is 0 Å². The van der Waals surface area contributed by atoms with Crippen molar-refractivity contribution >= 4 is 17.3 Å². The monoisotopic (exact) mass is 307 g/mol. The summed E-state index contributed by atoms with van der Waals surface area (Å²) in [7, 11) is 3.11. The van der Waals surface area contributed by atoms with Gasteiger partial charge in [-0.1, -0.05) is 17.7 Å². The number of halogens is 1. The van der Waals surface area contributed by atoms with Crippen molar-refractivity contribution in [1.82, 2.24) is 0 Å². The Morgan fingerprint density at radius 3 is 2.43 bits per heavy atom. The third-order valence-electron chi connectivity index (χ3n) is 3.24. The second-order valence-corrected chi connectivity index (χ2v) is 5.05. The van der Waals surface area contributed by atoms with Crippen LogP contribution in [0.15, 0.2) is 36.4 Å². The van der Waals surface area contributed by atoms with Crippen LogP contribution in [0.5, 0.6) is 17.2 Å². The number of phenolic OH excluding ortho intramolecular Hbond substituents is 1. The van der Waals surface area contributed by atoms with E-state index in [2.05, 4.69) is 5.32 Å². The van der Waals surface area contributed by atoms with Crippen LogP contribution < -0.4 is 14.8 Å². The van der Waals surface area contributed by atoms with Crippen molar-refractivity contribution in [3.05, 3.63) is 47.0 Å². The Morgan fingerprint density at radius 1 is 1.05 bits per heavy atom. The molecule has 0 aromatic heterocycles. The zero-order chi connectivity index (χ0) is 15.4. The summed E-state index contributed by atoms with van der Waals surface area (Å²) in [6, 6.07) is 10.8. The number of phenols is 1. The standard InChI is InChI=1S/C16H18ClNO3/c1-10(11-4-7-14(19)16(8-11)21-3)18-12-5-6-13(17)15(9-12)20-2/h4-10,18-19H,1-3H3. The molecule has 0 aliphatic rings. The fourth-order valence-corrected chi connectivity index (χ4v) is 2.24. The van der Waals surface area contributed by atoms with E-state index in [1.807, 2.05) is 25.1 Å². The molecule has 0 saturated carbocycles. The molecule has 0 amide bonds. The summed E-state index contributed by atoms with van der Waals surface area (Å²) < 4.78 is 10.3. The molecule has 0 fully saturated rings. The lowest BCUT2D eigenvalue weighted by molar-refractivity contribution is 0.373. The maximum absolute atomic E-state index is 9.63. The van der Waals surface area contributed by atoms with E-state index < -0.39 is 0 Å². The lowest BCUT2D eigenvalue weighted by Crippen LogP contribution is -2.07. The Morgan fingerprint density at radius 2 is 1.76 bits per heavy atom. The van der Waals surface area contributed by atoms with Gasteiger partial charge in [-0.25, -0.2) is 0 Å². The Balaban J connectivity index is 2.19. The fourth-order valence-electron chi connectivity index (χ4n) is 2.05. The summed E-state index contributed by atoms with van der Waals surface area (Å²) in [4.78, 5) is 0. The van der Waals surface area contributed by atoms with Crippen molar-refractivity contribution < 1.29 is 14.6 Å². The summed E-state index contributed by atoms with van der Waals surface area (Å²) >= 11 is 6.01. The lowest BCUT2D eigenvalue weighted by atomic mass is 10.1. The maximum atomic E-state index is 9.63. The molecule has 0 aliphatic carbocycles. The topological polar surface area (TPSA) is 50.7 Å². The Labute approximate surface area is 129 Å². The first-order chi connectivity index (χ1) is 10.0. The van der Waals surface area contributed by atoms with Crippen molar-refractivity contribution in [3.8, 4) is 17.2 Å². The number of aromatic hydroxyl groups is 1. The van der Waals surface area contributed by atoms with Gasteiger partial charge < -0.3 is 19.9 Å². The van der Waals surface area contributed by atoms with Gasteiger partial charge in [0.25, 0.3) is 0 Å². The van der Waals surface area contributed by atoms with Crippen LogP contribution >= 0.6 is 11.6 Å². The average Bonchev–Trinajstić information content (AvgIpc) is 2.49. The molecular weight excluding hydrogens is 290 g/mol. The number of methoxy groups -OCH3 is 2. The highest BCUT2D eigenvalue weighted by Gasteiger charge is 2.10. The molecule has 112 valence electrons. The lowest BCUT2D eigenvalue weighted by Gasteiger charge is -2.17. The van der Waals surface area contributed by atoms with E-state index >= 15 is 0 Å². The van der Waals surface area contributed by atoms with Gasteiger partial charge in [0, 0.05) is 17.8 Å². The maximum Gasteiger partial charge on any atom is 0.160 e. The van der Waals surface area contributed by atoms with Gasteiger partial charge in [0.2, 0.25) is 0 Å². The summed E-state index contributed by atoms with van der Waals surface area (Å²) in [5.41, 5.74) is 1.90. The van der Waals surface area contributed by atoms with Crippen LogP contribution in [0.2, 0.25) is 5.02 Å². The van der Waals surface area contributed by atoms with E-state index in [0.717, 1.165) is 11.3 Å². The summed E-state index contributed by atoms with van der Waals surface area (Å²) in [5, 5.41) is 13.6. The number of ether oxygens (including phenoxy) is 2. The van der Waals surface area contributed by atoms with Gasteiger partial charge >= 0.3 is 0 Å². The van der Waals surface area contributed by atoms with Crippen LogP contribution in [0.3, 0.4) is 0 Å². The molecule has 2 N–H and O–H groups in total. The molecule has 0 heterocycles. The molecule has 0 saturated heterocycles. The van der Waals surface area contributed by atoms with Gasteiger partial charge in [-0.15, -0.1) is 0 Å². The minimum Gasteiger partial charge on any atom is -0.504 e. The number of hydrogen-bond donors (Lipinski definition) is 2. The first-order valence-electron chi connectivity index (χ1n) is 6.52. The number of hydrogen-bond acceptors (Lipinski definition) is 4. The second kappa shape index (κ2) is 6.59. The van der Waals surface area contributed by atoms with Crippen molar-refractivity contribution in [2.45, 2.75) is 13.0 Å². The predicted molar refractivity (Wildman–Crippen MR) is 84.7 cm³/mol. The van der Waals surface area contributed by atoms with E-state index in [1.165, 1.54) is 7.11 Å². The normalized spacial score (nSPS) is 11.8. The summed E-state index contributed by atoms with van der Waals surface area (Å²) in [6.07, 6.45) is 0. The average molecular weight is 308 g/mol. The summed E-state index contributed by atoms with van der Waals surface area (Å²) in [6.45, 7) is 2.02. The minimum absolute atomic E-state index is 0.0328. The highest BCUT2D eigenvalue weighted by atomic mass is 35.5. The first kappa shape index (κ1) is 15.3. The van der Waals surface area contributed by atoms with E-state index in [1.54, 1.807) is 25.3 Å². The Bertz CT molecular complexity index is 631. The second-order valence-electron chi connectivity index (χ2n) is 4.65. The van der Waals surface area contributed by atoms with Crippen molar-refractivity contribution in [2.75, 3.05) is 19.5 Å². The molecule has 2 aromatic carbocycles. The van der Waals surface area contributed by atoms with Gasteiger partial charge in [0.15, 0.2) is 11.5 Å². The van der Waals surface area contributed by atoms with Crippen molar-refractivity contribution in [2.24, 2.45) is 0 Å². The SMILES string of the molecule is COc1cc(C(C)Nc2ccc(Cl)c(OC)c2)ccc1O. The predicted octanol–water partition coefficient (Wildman–Crippen LogP) is 4.24. The van der Waals surface area contributed by atoms with Crippen molar-refractivity contribution in [3.63, 3.8) is 0 Å². The largest absolute Gasteiger partial charge is 0.504 e. The van der Waals surface area contributed by atoms with Crippen LogP contribution in [-0.2, 0) is 0 Å². The zero-order valence-corrected chi connectivity index (χ0v) is 12.9. The molecule has 21 heavy (non-hydrogen) atoms. The third kappa shape index (κ3) is 3.52. The zero-order valence-electron chi connectivity index (χ0n) is 12.2. The van der Waals surface area contributed by atoms with Crippen LogP contribution in [-0.4, -0.2) is 19.3 Å². The molecule has 1 atom stereocenters.